The minimum atomic E-state index is 0.339. The van der Waals surface area contributed by atoms with Crippen molar-refractivity contribution in [2.75, 3.05) is 32.8 Å². The molecule has 1 unspecified atom stereocenters. The quantitative estimate of drug-likeness (QED) is 0.843. The summed E-state index contributed by atoms with van der Waals surface area (Å²) in [6.45, 7) is 7.50. The van der Waals surface area contributed by atoms with Crippen LogP contribution in [0.15, 0.2) is 30.7 Å². The van der Waals surface area contributed by atoms with Crippen molar-refractivity contribution in [3.63, 3.8) is 0 Å². The van der Waals surface area contributed by atoms with E-state index in [4.69, 9.17) is 4.74 Å². The zero-order valence-electron chi connectivity index (χ0n) is 13.6. The number of hydrogen-bond donors (Lipinski definition) is 1. The summed E-state index contributed by atoms with van der Waals surface area (Å²) in [5.74, 6) is 0. The predicted molar refractivity (Wildman–Crippen MR) is 92.6 cm³/mol. The zero-order chi connectivity index (χ0) is 15.9. The fourth-order valence-corrected chi connectivity index (χ4v) is 3.68. The van der Waals surface area contributed by atoms with Gasteiger partial charge in [0.25, 0.3) is 0 Å². The van der Waals surface area contributed by atoms with Crippen LogP contribution >= 0.6 is 11.3 Å². The summed E-state index contributed by atoms with van der Waals surface area (Å²) in [6, 6.07) is 4.52. The van der Waals surface area contributed by atoms with Crippen LogP contribution in [0, 0.1) is 0 Å². The van der Waals surface area contributed by atoms with Gasteiger partial charge in [-0.1, -0.05) is 13.0 Å². The minimum absolute atomic E-state index is 0.339. The van der Waals surface area contributed by atoms with Crippen LogP contribution in [0.3, 0.4) is 0 Å². The van der Waals surface area contributed by atoms with Gasteiger partial charge in [-0.15, -0.1) is 11.3 Å². The summed E-state index contributed by atoms with van der Waals surface area (Å²) in [7, 11) is 0. The molecule has 0 spiro atoms. The van der Waals surface area contributed by atoms with E-state index in [1.165, 1.54) is 15.4 Å². The lowest BCUT2D eigenvalue weighted by Crippen LogP contribution is -2.42. The van der Waals surface area contributed by atoms with Gasteiger partial charge in [-0.2, -0.15) is 0 Å². The Kier molecular flexibility index (Phi) is 6.10. The van der Waals surface area contributed by atoms with Crippen molar-refractivity contribution in [3.8, 4) is 0 Å². The molecule has 0 amide bonds. The smallest absolute Gasteiger partial charge is 0.0925 e. The number of aromatic nitrogens is 2. The highest BCUT2D eigenvalue weighted by molar-refractivity contribution is 7.11. The zero-order valence-corrected chi connectivity index (χ0v) is 14.4. The fourth-order valence-electron chi connectivity index (χ4n) is 2.85. The van der Waals surface area contributed by atoms with Gasteiger partial charge in [0.15, 0.2) is 0 Å². The third kappa shape index (κ3) is 4.57. The van der Waals surface area contributed by atoms with Crippen molar-refractivity contribution >= 4 is 11.3 Å². The van der Waals surface area contributed by atoms with Crippen molar-refractivity contribution < 1.29 is 4.74 Å². The van der Waals surface area contributed by atoms with Crippen LogP contribution in [0.2, 0.25) is 0 Å². The lowest BCUT2D eigenvalue weighted by atomic mass is 10.1. The molecule has 1 saturated heterocycles. The second-order valence-electron chi connectivity index (χ2n) is 5.66. The Labute approximate surface area is 141 Å². The van der Waals surface area contributed by atoms with Crippen molar-refractivity contribution in [2.24, 2.45) is 0 Å². The molecule has 23 heavy (non-hydrogen) atoms. The molecule has 1 N–H and O–H groups in total. The van der Waals surface area contributed by atoms with E-state index in [0.717, 1.165) is 45.8 Å². The first-order valence-corrected chi connectivity index (χ1v) is 9.04. The molecule has 0 aromatic carbocycles. The van der Waals surface area contributed by atoms with Gasteiger partial charge in [-0.3, -0.25) is 9.88 Å². The van der Waals surface area contributed by atoms with E-state index in [2.05, 4.69) is 33.2 Å². The summed E-state index contributed by atoms with van der Waals surface area (Å²) in [5, 5.41) is 4.80. The minimum Gasteiger partial charge on any atom is -0.379 e. The van der Waals surface area contributed by atoms with Gasteiger partial charge in [0.05, 0.1) is 18.2 Å². The third-order valence-corrected chi connectivity index (χ3v) is 5.24. The van der Waals surface area contributed by atoms with Crippen LogP contribution in [0.4, 0.5) is 0 Å². The molecule has 1 aliphatic rings. The van der Waals surface area contributed by atoms with Gasteiger partial charge < -0.3 is 10.1 Å². The van der Waals surface area contributed by atoms with E-state index in [-0.39, 0.29) is 0 Å². The number of pyridine rings is 1. The third-order valence-electron chi connectivity index (χ3n) is 4.10. The molecule has 3 heterocycles. The summed E-state index contributed by atoms with van der Waals surface area (Å²) < 4.78 is 5.49. The van der Waals surface area contributed by atoms with E-state index < -0.39 is 0 Å². The average molecular weight is 332 g/mol. The molecule has 0 radical (unpaired) electrons. The van der Waals surface area contributed by atoms with E-state index >= 15 is 0 Å². The van der Waals surface area contributed by atoms with Crippen LogP contribution in [-0.4, -0.2) is 47.7 Å². The average Bonchev–Trinajstić information content (AvgIpc) is 3.08. The molecule has 0 saturated carbocycles. The van der Waals surface area contributed by atoms with Crippen LogP contribution in [0.1, 0.15) is 28.4 Å². The summed E-state index contributed by atoms with van der Waals surface area (Å²) in [6.07, 6.45) is 6.81. The first-order chi connectivity index (χ1) is 11.4. The summed E-state index contributed by atoms with van der Waals surface area (Å²) >= 11 is 1.80. The van der Waals surface area contributed by atoms with Gasteiger partial charge in [0.1, 0.15) is 0 Å². The summed E-state index contributed by atoms with van der Waals surface area (Å²) in [5.41, 5.74) is 1.26. The number of morpholine rings is 1. The highest BCUT2D eigenvalue weighted by Crippen LogP contribution is 2.21. The topological polar surface area (TPSA) is 50.3 Å². The molecular weight excluding hydrogens is 308 g/mol. The SMILES string of the molecule is CCc1ncc(CNCC(c2cccnc2)N2CCOCC2)s1. The number of aryl methyl sites for hydroxylation is 1. The van der Waals surface area contributed by atoms with Crippen LogP contribution in [0.25, 0.3) is 0 Å². The van der Waals surface area contributed by atoms with E-state index in [0.29, 0.717) is 6.04 Å². The van der Waals surface area contributed by atoms with Gasteiger partial charge in [0.2, 0.25) is 0 Å². The predicted octanol–water partition coefficient (Wildman–Crippen LogP) is 2.26. The Morgan fingerprint density at radius 1 is 1.35 bits per heavy atom. The maximum Gasteiger partial charge on any atom is 0.0925 e. The van der Waals surface area contributed by atoms with Crippen LogP contribution < -0.4 is 5.32 Å². The Bertz CT molecular complexity index is 583. The van der Waals surface area contributed by atoms with Gasteiger partial charge in [-0.05, 0) is 18.1 Å². The number of hydrogen-bond acceptors (Lipinski definition) is 6. The Balaban J connectivity index is 1.61. The highest BCUT2D eigenvalue weighted by atomic mass is 32.1. The molecule has 1 aliphatic heterocycles. The lowest BCUT2D eigenvalue weighted by molar-refractivity contribution is 0.0160. The van der Waals surface area contributed by atoms with E-state index in [9.17, 15) is 0 Å². The first kappa shape index (κ1) is 16.5. The molecule has 1 fully saturated rings. The van der Waals surface area contributed by atoms with Crippen LogP contribution in [-0.2, 0) is 17.7 Å². The van der Waals surface area contributed by atoms with E-state index in [1.54, 1.807) is 11.3 Å². The number of nitrogens with zero attached hydrogens (tertiary/aromatic N) is 3. The fraction of sp³-hybridized carbons (Fsp3) is 0.529. The number of thiazole rings is 1. The monoisotopic (exact) mass is 332 g/mol. The Morgan fingerprint density at radius 2 is 2.22 bits per heavy atom. The van der Waals surface area contributed by atoms with Crippen molar-refractivity contribution in [2.45, 2.75) is 25.9 Å². The largest absolute Gasteiger partial charge is 0.379 e. The second-order valence-corrected chi connectivity index (χ2v) is 6.86. The maximum atomic E-state index is 5.49. The Hall–Kier alpha value is -1.34. The molecule has 2 aromatic rings. The van der Waals surface area contributed by atoms with Crippen molar-refractivity contribution in [1.29, 1.82) is 0 Å². The van der Waals surface area contributed by atoms with Crippen LogP contribution in [0.5, 0.6) is 0 Å². The molecule has 0 aliphatic carbocycles. The second kappa shape index (κ2) is 8.49. The van der Waals surface area contributed by atoms with Crippen molar-refractivity contribution in [3.05, 3.63) is 46.2 Å². The van der Waals surface area contributed by atoms with Gasteiger partial charge in [-0.25, -0.2) is 4.98 Å². The van der Waals surface area contributed by atoms with Gasteiger partial charge >= 0.3 is 0 Å². The van der Waals surface area contributed by atoms with Crippen molar-refractivity contribution in [1.82, 2.24) is 20.2 Å². The molecule has 124 valence electrons. The Morgan fingerprint density at radius 3 is 2.91 bits per heavy atom. The highest BCUT2D eigenvalue weighted by Gasteiger charge is 2.22. The first-order valence-electron chi connectivity index (χ1n) is 8.23. The molecular formula is C17H24N4OS. The molecule has 0 bridgehead atoms. The van der Waals surface area contributed by atoms with E-state index in [1.807, 2.05) is 24.7 Å². The van der Waals surface area contributed by atoms with Gasteiger partial charge in [0, 0.05) is 55.7 Å². The molecule has 5 nitrogen and oxygen atoms in total. The number of rotatable bonds is 7. The lowest BCUT2D eigenvalue weighted by Gasteiger charge is -2.34. The normalized spacial score (nSPS) is 17.3. The number of nitrogens with one attached hydrogen (secondary N) is 1. The molecule has 6 heteroatoms. The molecule has 3 rings (SSSR count). The maximum absolute atomic E-state index is 5.49. The molecule has 2 aromatic heterocycles. The summed E-state index contributed by atoms with van der Waals surface area (Å²) in [4.78, 5) is 12.5. The standard InChI is InChI=1S/C17H24N4OS/c1-2-17-20-12-15(23-17)11-19-13-16(14-4-3-5-18-10-14)21-6-8-22-9-7-21/h3-5,10,12,16,19H,2,6-9,11,13H2,1H3. The molecule has 1 atom stereocenters. The number of ether oxygens (including phenoxy) is 1.